The van der Waals surface area contributed by atoms with Crippen LogP contribution in [0.1, 0.15) is 11.1 Å². The first kappa shape index (κ1) is 15.0. The normalized spacial score (nSPS) is 11.3. The molecule has 0 aliphatic heterocycles. The average Bonchev–Trinajstić information content (AvgIpc) is 2.41. The molecule has 5 nitrogen and oxygen atoms in total. The first-order valence-electron chi connectivity index (χ1n) is 5.77. The number of hydrogen-bond donors (Lipinski definition) is 2. The highest BCUT2D eigenvalue weighted by Gasteiger charge is 2.18. The predicted molar refractivity (Wildman–Crippen MR) is 79.8 cm³/mol. The van der Waals surface area contributed by atoms with Gasteiger partial charge in [-0.05, 0) is 46.1 Å². The minimum absolute atomic E-state index is 0.146. The third-order valence-electron chi connectivity index (χ3n) is 2.74. The zero-order valence-electron chi connectivity index (χ0n) is 10.7. The fourth-order valence-electron chi connectivity index (χ4n) is 1.69. The van der Waals surface area contributed by atoms with Crippen LogP contribution < -0.4 is 4.72 Å². The van der Waals surface area contributed by atoms with Crippen molar-refractivity contribution < 1.29 is 13.5 Å². The van der Waals surface area contributed by atoms with Crippen molar-refractivity contribution in [1.82, 2.24) is 4.98 Å². The molecule has 0 amide bonds. The molecule has 0 radical (unpaired) electrons. The van der Waals surface area contributed by atoms with Crippen molar-refractivity contribution in [3.05, 3.63) is 52.3 Å². The second-order valence-electron chi connectivity index (χ2n) is 4.22. The molecule has 7 heteroatoms. The third kappa shape index (κ3) is 3.17. The summed E-state index contributed by atoms with van der Waals surface area (Å²) < 4.78 is 27.9. The Labute approximate surface area is 125 Å². The molecule has 0 saturated carbocycles. The van der Waals surface area contributed by atoms with Gasteiger partial charge in [0.15, 0.2) is 0 Å². The summed E-state index contributed by atoms with van der Waals surface area (Å²) in [6.45, 7) is 1.50. The van der Waals surface area contributed by atoms with Crippen molar-refractivity contribution in [1.29, 1.82) is 0 Å². The third-order valence-corrected chi connectivity index (χ3v) is 4.88. The zero-order valence-corrected chi connectivity index (χ0v) is 13.1. The van der Waals surface area contributed by atoms with E-state index < -0.39 is 10.0 Å². The minimum Gasteiger partial charge on any atom is -0.392 e. The number of aryl methyl sites for hydroxylation is 1. The zero-order chi connectivity index (χ0) is 14.8. The first-order chi connectivity index (χ1) is 9.44. The van der Waals surface area contributed by atoms with E-state index in [1.54, 1.807) is 25.1 Å². The van der Waals surface area contributed by atoms with Crippen LogP contribution >= 0.6 is 15.9 Å². The number of halogens is 1. The van der Waals surface area contributed by atoms with E-state index in [0.717, 1.165) is 0 Å². The van der Waals surface area contributed by atoms with Crippen molar-refractivity contribution in [2.45, 2.75) is 18.4 Å². The number of anilines is 1. The van der Waals surface area contributed by atoms with Crippen LogP contribution in [0, 0.1) is 6.92 Å². The first-order valence-corrected chi connectivity index (χ1v) is 8.04. The molecule has 0 saturated heterocycles. The summed E-state index contributed by atoms with van der Waals surface area (Å²) >= 11 is 3.24. The van der Waals surface area contributed by atoms with Crippen LogP contribution in [0.4, 0.5) is 5.69 Å². The van der Waals surface area contributed by atoms with Crippen LogP contribution in [0.15, 0.2) is 46.0 Å². The van der Waals surface area contributed by atoms with Gasteiger partial charge in [-0.2, -0.15) is 0 Å². The Bertz CT molecular complexity index is 732. The van der Waals surface area contributed by atoms with Crippen molar-refractivity contribution in [2.75, 3.05) is 4.72 Å². The van der Waals surface area contributed by atoms with Gasteiger partial charge in [0.2, 0.25) is 0 Å². The number of aliphatic hydroxyl groups is 1. The highest BCUT2D eigenvalue weighted by atomic mass is 79.9. The molecule has 0 unspecified atom stereocenters. The van der Waals surface area contributed by atoms with Gasteiger partial charge in [0.25, 0.3) is 10.0 Å². The lowest BCUT2D eigenvalue weighted by Gasteiger charge is -2.12. The van der Waals surface area contributed by atoms with Crippen LogP contribution in [0.2, 0.25) is 0 Å². The molecule has 1 aromatic heterocycles. The fraction of sp³-hybridized carbons (Fsp3) is 0.154. The average molecular weight is 357 g/mol. The summed E-state index contributed by atoms with van der Waals surface area (Å²) in [5, 5.41) is 9.12. The summed E-state index contributed by atoms with van der Waals surface area (Å²) in [6.07, 6.45) is 3.01. The second-order valence-corrected chi connectivity index (χ2v) is 6.72. The van der Waals surface area contributed by atoms with Crippen LogP contribution in [-0.4, -0.2) is 18.5 Å². The summed E-state index contributed by atoms with van der Waals surface area (Å²) in [4.78, 5) is 4.02. The smallest absolute Gasteiger partial charge is 0.262 e. The number of pyridine rings is 1. The molecule has 2 rings (SSSR count). The number of rotatable bonds is 4. The predicted octanol–water partition coefficient (Wildman–Crippen LogP) is 2.45. The largest absolute Gasteiger partial charge is 0.392 e. The van der Waals surface area contributed by atoms with Crippen LogP contribution in [0.5, 0.6) is 0 Å². The van der Waals surface area contributed by atoms with E-state index in [9.17, 15) is 8.42 Å². The van der Waals surface area contributed by atoms with Gasteiger partial charge in [0.05, 0.1) is 21.7 Å². The summed E-state index contributed by atoms with van der Waals surface area (Å²) in [6, 6.07) is 6.39. The molecule has 2 aromatic rings. The van der Waals surface area contributed by atoms with Gasteiger partial charge in [-0.3, -0.25) is 9.71 Å². The molecule has 0 aliphatic rings. The quantitative estimate of drug-likeness (QED) is 0.881. The van der Waals surface area contributed by atoms with Crippen molar-refractivity contribution in [2.24, 2.45) is 0 Å². The van der Waals surface area contributed by atoms with E-state index in [0.29, 0.717) is 21.3 Å². The van der Waals surface area contributed by atoms with Gasteiger partial charge < -0.3 is 5.11 Å². The topological polar surface area (TPSA) is 79.3 Å². The highest BCUT2D eigenvalue weighted by molar-refractivity contribution is 9.10. The molecule has 0 spiro atoms. The molecule has 20 heavy (non-hydrogen) atoms. The molecule has 1 heterocycles. The Morgan fingerprint density at radius 1 is 1.35 bits per heavy atom. The SMILES string of the molecule is Cc1ccc(CO)cc1S(=O)(=O)Nc1ccncc1Br. The van der Waals surface area contributed by atoms with Gasteiger partial charge in [-0.25, -0.2) is 8.42 Å². The van der Waals surface area contributed by atoms with E-state index in [1.165, 1.54) is 18.5 Å². The maximum Gasteiger partial charge on any atom is 0.262 e. The Hall–Kier alpha value is -1.44. The number of nitrogens with zero attached hydrogens (tertiary/aromatic N) is 1. The van der Waals surface area contributed by atoms with Crippen molar-refractivity contribution in [3.8, 4) is 0 Å². The lowest BCUT2D eigenvalue weighted by atomic mass is 10.2. The monoisotopic (exact) mass is 356 g/mol. The van der Waals surface area contributed by atoms with E-state index in [1.807, 2.05) is 0 Å². The van der Waals surface area contributed by atoms with E-state index in [4.69, 9.17) is 5.11 Å². The molecular weight excluding hydrogens is 344 g/mol. The van der Waals surface area contributed by atoms with Crippen molar-refractivity contribution in [3.63, 3.8) is 0 Å². The molecule has 0 bridgehead atoms. The Balaban J connectivity index is 2.43. The Morgan fingerprint density at radius 3 is 2.75 bits per heavy atom. The number of benzene rings is 1. The summed E-state index contributed by atoms with van der Waals surface area (Å²) in [5.74, 6) is 0. The standard InChI is InChI=1S/C13H13BrN2O3S/c1-9-2-3-10(8-17)6-13(9)20(18,19)16-12-4-5-15-7-11(12)14/h2-7,17H,8H2,1H3,(H,15,16). The molecule has 106 valence electrons. The molecule has 0 fully saturated rings. The summed E-state index contributed by atoms with van der Waals surface area (Å²) in [5.41, 5.74) is 1.57. The number of nitrogens with one attached hydrogen (secondary N) is 1. The van der Waals surface area contributed by atoms with Gasteiger partial charge in [0.1, 0.15) is 0 Å². The van der Waals surface area contributed by atoms with E-state index >= 15 is 0 Å². The van der Waals surface area contributed by atoms with Gasteiger partial charge in [0, 0.05) is 12.4 Å². The fourth-order valence-corrected chi connectivity index (χ4v) is 3.55. The lowest BCUT2D eigenvalue weighted by molar-refractivity contribution is 0.281. The Kier molecular flexibility index (Phi) is 4.42. The lowest BCUT2D eigenvalue weighted by Crippen LogP contribution is -2.15. The van der Waals surface area contributed by atoms with Crippen LogP contribution in [-0.2, 0) is 16.6 Å². The number of aromatic nitrogens is 1. The van der Waals surface area contributed by atoms with Crippen LogP contribution in [0.3, 0.4) is 0 Å². The molecule has 0 aliphatic carbocycles. The number of aliphatic hydroxyl groups excluding tert-OH is 1. The van der Waals surface area contributed by atoms with Gasteiger partial charge >= 0.3 is 0 Å². The maximum absolute atomic E-state index is 12.4. The van der Waals surface area contributed by atoms with Gasteiger partial charge in [-0.15, -0.1) is 0 Å². The Morgan fingerprint density at radius 2 is 2.10 bits per heavy atom. The summed E-state index contributed by atoms with van der Waals surface area (Å²) in [7, 11) is -3.72. The number of sulfonamides is 1. The number of hydrogen-bond acceptors (Lipinski definition) is 4. The molecule has 2 N–H and O–H groups in total. The van der Waals surface area contributed by atoms with E-state index in [-0.39, 0.29) is 11.5 Å². The van der Waals surface area contributed by atoms with Crippen molar-refractivity contribution >= 4 is 31.6 Å². The highest BCUT2D eigenvalue weighted by Crippen LogP contribution is 2.25. The second kappa shape index (κ2) is 5.90. The molecule has 0 atom stereocenters. The van der Waals surface area contributed by atoms with Gasteiger partial charge in [-0.1, -0.05) is 12.1 Å². The minimum atomic E-state index is -3.72. The molecule has 1 aromatic carbocycles. The maximum atomic E-state index is 12.4. The molecular formula is C13H13BrN2O3S. The van der Waals surface area contributed by atoms with E-state index in [2.05, 4.69) is 25.6 Å². The van der Waals surface area contributed by atoms with Crippen LogP contribution in [0.25, 0.3) is 0 Å².